The molecule has 0 aliphatic heterocycles. The molecule has 3 rings (SSSR count). The van der Waals surface area contributed by atoms with E-state index in [4.69, 9.17) is 14.9 Å². The minimum Gasteiger partial charge on any atom is -0.489 e. The molecule has 0 aliphatic carbocycles. The quantitative estimate of drug-likeness (QED) is 0.558. The number of nitrogen functional groups attached to an aromatic ring is 1. The fraction of sp³-hybridized carbons (Fsp3) is 0.0833. The number of oxazole rings is 1. The molecule has 20 heavy (non-hydrogen) atoms. The summed E-state index contributed by atoms with van der Waals surface area (Å²) in [6, 6.07) is 5.18. The monoisotopic (exact) mass is 290 g/mol. The second kappa shape index (κ2) is 4.89. The second-order valence-corrected chi connectivity index (χ2v) is 4.82. The minimum absolute atomic E-state index is 0.124. The molecule has 1 aromatic carbocycles. The van der Waals surface area contributed by atoms with Crippen molar-refractivity contribution in [2.24, 2.45) is 0 Å². The van der Waals surface area contributed by atoms with E-state index in [2.05, 4.69) is 15.0 Å². The van der Waals surface area contributed by atoms with Gasteiger partial charge in [-0.15, -0.1) is 0 Å². The molecule has 0 aliphatic rings. The molecule has 0 spiro atoms. The van der Waals surface area contributed by atoms with Gasteiger partial charge in [-0.1, -0.05) is 0 Å². The van der Waals surface area contributed by atoms with Gasteiger partial charge in [0.15, 0.2) is 10.6 Å². The van der Waals surface area contributed by atoms with E-state index in [1.165, 1.54) is 13.4 Å². The molecule has 0 bridgehead atoms. The predicted octanol–water partition coefficient (Wildman–Crippen LogP) is 1.65. The Balaban J connectivity index is 2.01. The Labute approximate surface area is 117 Å². The third kappa shape index (κ3) is 2.21. The first-order valence-corrected chi connectivity index (χ1v) is 6.44. The average Bonchev–Trinajstić information content (AvgIpc) is 2.80. The van der Waals surface area contributed by atoms with Crippen molar-refractivity contribution in [3.8, 4) is 5.75 Å². The zero-order chi connectivity index (χ0) is 14.1. The third-order valence-electron chi connectivity index (χ3n) is 2.56. The lowest BCUT2D eigenvalue weighted by Gasteiger charge is -2.02. The summed E-state index contributed by atoms with van der Waals surface area (Å²) in [5, 5.41) is 0.748. The summed E-state index contributed by atoms with van der Waals surface area (Å²) in [6.07, 6.45) is 1.30. The number of aromatic amines is 1. The summed E-state index contributed by atoms with van der Waals surface area (Å²) in [5.74, 6) is 0.124. The number of ether oxygens (including phenoxy) is 1. The zero-order valence-corrected chi connectivity index (χ0v) is 11.2. The van der Waals surface area contributed by atoms with Gasteiger partial charge in [0.05, 0.1) is 13.4 Å². The van der Waals surface area contributed by atoms with Crippen LogP contribution in [0.3, 0.4) is 0 Å². The highest BCUT2D eigenvalue weighted by molar-refractivity contribution is 7.99. The first-order chi connectivity index (χ1) is 9.67. The fourth-order valence-corrected chi connectivity index (χ4v) is 2.49. The van der Waals surface area contributed by atoms with Gasteiger partial charge in [-0.25, -0.2) is 9.97 Å². The third-order valence-corrected chi connectivity index (χ3v) is 3.39. The molecule has 2 heterocycles. The predicted molar refractivity (Wildman–Crippen MR) is 74.0 cm³/mol. The van der Waals surface area contributed by atoms with Gasteiger partial charge in [-0.3, -0.25) is 4.79 Å². The van der Waals surface area contributed by atoms with Gasteiger partial charge in [0.2, 0.25) is 5.75 Å². The van der Waals surface area contributed by atoms with Crippen LogP contribution in [0.15, 0.2) is 44.0 Å². The number of nitrogens with zero attached hydrogens (tertiary/aromatic N) is 2. The van der Waals surface area contributed by atoms with Crippen molar-refractivity contribution in [2.45, 2.75) is 10.2 Å². The molecular weight excluding hydrogens is 280 g/mol. The molecule has 0 saturated carbocycles. The second-order valence-electron chi connectivity index (χ2n) is 3.88. The van der Waals surface area contributed by atoms with Gasteiger partial charge >= 0.3 is 0 Å². The lowest BCUT2D eigenvalue weighted by molar-refractivity contribution is 0.392. The number of anilines is 1. The van der Waals surface area contributed by atoms with Crippen molar-refractivity contribution in [2.75, 3.05) is 12.8 Å². The van der Waals surface area contributed by atoms with Crippen LogP contribution >= 0.6 is 11.8 Å². The number of hydrogen-bond donors (Lipinski definition) is 2. The molecule has 0 atom stereocenters. The van der Waals surface area contributed by atoms with E-state index in [9.17, 15) is 4.79 Å². The highest BCUT2D eigenvalue weighted by atomic mass is 32.2. The van der Waals surface area contributed by atoms with Gasteiger partial charge in [0, 0.05) is 5.69 Å². The summed E-state index contributed by atoms with van der Waals surface area (Å²) in [4.78, 5) is 22.3. The zero-order valence-electron chi connectivity index (χ0n) is 10.4. The number of hydrogen-bond acceptors (Lipinski definition) is 7. The molecule has 0 radical (unpaired) electrons. The molecule has 0 amide bonds. The number of aromatic nitrogens is 3. The van der Waals surface area contributed by atoms with Crippen molar-refractivity contribution < 1.29 is 9.15 Å². The SMILES string of the molecule is COc1c(Sc2nc3cc(N)ccc3o2)nc[nH]c1=O. The highest BCUT2D eigenvalue weighted by Crippen LogP contribution is 2.32. The van der Waals surface area contributed by atoms with Gasteiger partial charge in [-0.05, 0) is 30.0 Å². The van der Waals surface area contributed by atoms with Crippen molar-refractivity contribution in [3.63, 3.8) is 0 Å². The summed E-state index contributed by atoms with van der Waals surface area (Å²) < 4.78 is 10.6. The first kappa shape index (κ1) is 12.5. The van der Waals surface area contributed by atoms with Gasteiger partial charge < -0.3 is 19.9 Å². The van der Waals surface area contributed by atoms with Crippen LogP contribution in [0, 0.1) is 0 Å². The van der Waals surface area contributed by atoms with E-state index in [0.717, 1.165) is 11.8 Å². The van der Waals surface area contributed by atoms with E-state index in [1.54, 1.807) is 18.2 Å². The van der Waals surface area contributed by atoms with Crippen LogP contribution in [0.1, 0.15) is 0 Å². The molecule has 0 saturated heterocycles. The molecular formula is C12H10N4O3S. The molecule has 3 aromatic rings. The lowest BCUT2D eigenvalue weighted by atomic mass is 10.3. The maximum absolute atomic E-state index is 11.6. The Hall–Kier alpha value is -2.48. The number of H-pyrrole nitrogens is 1. The van der Waals surface area contributed by atoms with Crippen LogP contribution in [-0.4, -0.2) is 22.1 Å². The minimum atomic E-state index is -0.356. The smallest absolute Gasteiger partial charge is 0.294 e. The number of fused-ring (bicyclic) bond motifs is 1. The largest absolute Gasteiger partial charge is 0.489 e. The molecule has 102 valence electrons. The lowest BCUT2D eigenvalue weighted by Crippen LogP contribution is -2.10. The summed E-state index contributed by atoms with van der Waals surface area (Å²) >= 11 is 1.11. The Morgan fingerprint density at radius 2 is 2.30 bits per heavy atom. The molecule has 7 nitrogen and oxygen atoms in total. The highest BCUT2D eigenvalue weighted by Gasteiger charge is 2.14. The van der Waals surface area contributed by atoms with E-state index in [1.807, 2.05) is 0 Å². The summed E-state index contributed by atoms with van der Waals surface area (Å²) in [7, 11) is 1.41. The molecule has 8 heteroatoms. The Bertz CT molecular complexity index is 827. The normalized spacial score (nSPS) is 10.8. The van der Waals surface area contributed by atoms with Crippen molar-refractivity contribution in [1.82, 2.24) is 15.0 Å². The average molecular weight is 290 g/mol. The number of methoxy groups -OCH3 is 1. The van der Waals surface area contributed by atoms with Crippen LogP contribution < -0.4 is 16.0 Å². The van der Waals surface area contributed by atoms with Crippen LogP contribution in [0.5, 0.6) is 5.75 Å². The van der Waals surface area contributed by atoms with Crippen molar-refractivity contribution >= 4 is 28.5 Å². The maximum Gasteiger partial charge on any atom is 0.294 e. The molecule has 3 N–H and O–H groups in total. The van der Waals surface area contributed by atoms with Crippen molar-refractivity contribution in [3.05, 3.63) is 34.9 Å². The number of nitrogens with two attached hydrogens (primary N) is 1. The molecule has 0 unspecified atom stereocenters. The standard InChI is InChI=1S/C12H10N4O3S/c1-18-9-10(17)14-5-15-11(9)20-12-16-7-4-6(13)2-3-8(7)19-12/h2-5H,13H2,1H3,(H,14,15,17). The van der Waals surface area contributed by atoms with E-state index >= 15 is 0 Å². The van der Waals surface area contributed by atoms with E-state index < -0.39 is 0 Å². The topological polar surface area (TPSA) is 107 Å². The van der Waals surface area contributed by atoms with Gasteiger partial charge in [-0.2, -0.15) is 0 Å². The Kier molecular flexibility index (Phi) is 3.07. The van der Waals surface area contributed by atoms with Crippen LogP contribution in [0.25, 0.3) is 11.1 Å². The van der Waals surface area contributed by atoms with Crippen molar-refractivity contribution in [1.29, 1.82) is 0 Å². The van der Waals surface area contributed by atoms with Crippen LogP contribution in [-0.2, 0) is 0 Å². The molecule has 0 fully saturated rings. The Morgan fingerprint density at radius 3 is 3.10 bits per heavy atom. The van der Waals surface area contributed by atoms with Gasteiger partial charge in [0.25, 0.3) is 10.8 Å². The molecule has 2 aromatic heterocycles. The maximum atomic E-state index is 11.6. The summed E-state index contributed by atoms with van der Waals surface area (Å²) in [5.41, 5.74) is 7.20. The number of nitrogens with one attached hydrogen (secondary N) is 1. The summed E-state index contributed by atoms with van der Waals surface area (Å²) in [6.45, 7) is 0. The van der Waals surface area contributed by atoms with Crippen LogP contribution in [0.4, 0.5) is 5.69 Å². The van der Waals surface area contributed by atoms with Crippen LogP contribution in [0.2, 0.25) is 0 Å². The first-order valence-electron chi connectivity index (χ1n) is 5.63. The number of benzene rings is 1. The fourth-order valence-electron chi connectivity index (χ4n) is 1.67. The van der Waals surface area contributed by atoms with E-state index in [-0.39, 0.29) is 11.3 Å². The van der Waals surface area contributed by atoms with E-state index in [0.29, 0.717) is 27.0 Å². The van der Waals surface area contributed by atoms with Gasteiger partial charge in [0.1, 0.15) is 5.52 Å². The number of rotatable bonds is 3. The Morgan fingerprint density at radius 1 is 1.45 bits per heavy atom.